The Bertz CT molecular complexity index is 881. The maximum atomic E-state index is 12.6. The van der Waals surface area contributed by atoms with Gasteiger partial charge in [0.25, 0.3) is 0 Å². The average Bonchev–Trinajstić information content (AvgIpc) is 3.45. The first-order chi connectivity index (χ1) is 15.1. The molecule has 7 nitrogen and oxygen atoms in total. The van der Waals surface area contributed by atoms with Crippen molar-refractivity contribution in [1.82, 2.24) is 9.88 Å². The number of aryl methyl sites for hydroxylation is 1. The largest absolute Gasteiger partial charge is 0.493 e. The number of rotatable bonds is 7. The molecule has 2 fully saturated rings. The molecule has 1 aliphatic heterocycles. The van der Waals surface area contributed by atoms with E-state index in [1.54, 1.807) is 23.3 Å². The van der Waals surface area contributed by atoms with Gasteiger partial charge in [-0.1, -0.05) is 6.07 Å². The Morgan fingerprint density at radius 2 is 2.13 bits per heavy atom. The van der Waals surface area contributed by atoms with Crippen molar-refractivity contribution < 1.29 is 23.7 Å². The van der Waals surface area contributed by atoms with E-state index < -0.39 is 0 Å². The summed E-state index contributed by atoms with van der Waals surface area (Å²) in [7, 11) is 1.65. The van der Waals surface area contributed by atoms with Gasteiger partial charge < -0.3 is 23.8 Å². The van der Waals surface area contributed by atoms with E-state index in [0.29, 0.717) is 32.7 Å². The van der Waals surface area contributed by atoms with Gasteiger partial charge in [-0.05, 0) is 50.3 Å². The Hall–Kier alpha value is -2.32. The molecule has 0 bridgehead atoms. The monoisotopic (exact) mass is 446 g/mol. The average molecular weight is 447 g/mol. The summed E-state index contributed by atoms with van der Waals surface area (Å²) in [5.41, 5.74) is 3.80. The van der Waals surface area contributed by atoms with Gasteiger partial charge in [0.05, 0.1) is 44.2 Å². The number of carbonyl (C=O) groups excluding carboxylic acids is 1. The highest BCUT2D eigenvalue weighted by molar-refractivity contribution is 7.09. The van der Waals surface area contributed by atoms with Crippen molar-refractivity contribution in [3.8, 4) is 11.5 Å². The predicted molar refractivity (Wildman–Crippen MR) is 118 cm³/mol. The smallest absolute Gasteiger partial charge is 0.409 e. The van der Waals surface area contributed by atoms with E-state index in [1.807, 2.05) is 30.6 Å². The standard InChI is InChI=1S/C23H30N2O5S/c1-16-22(31-15-24-16)9-11-29-23(26)25-10-12-28-21(14-25)17-7-8-19(27-2)20(13-17)30-18-5-3-4-6-18/h7-8,13,15,18,21H,3-6,9-12,14H2,1-2H3. The van der Waals surface area contributed by atoms with E-state index in [0.717, 1.165) is 40.5 Å². The highest BCUT2D eigenvalue weighted by Crippen LogP contribution is 2.35. The Labute approximate surface area is 187 Å². The number of morpholine rings is 1. The summed E-state index contributed by atoms with van der Waals surface area (Å²) in [5, 5.41) is 0. The number of ether oxygens (including phenoxy) is 4. The van der Waals surface area contributed by atoms with Gasteiger partial charge in [-0.25, -0.2) is 9.78 Å². The van der Waals surface area contributed by atoms with Crippen LogP contribution < -0.4 is 9.47 Å². The number of methoxy groups -OCH3 is 1. The molecule has 2 heterocycles. The van der Waals surface area contributed by atoms with Crippen molar-refractivity contribution in [2.45, 2.75) is 51.2 Å². The molecule has 1 unspecified atom stereocenters. The summed E-state index contributed by atoms with van der Waals surface area (Å²) in [5.74, 6) is 1.47. The predicted octanol–water partition coefficient (Wildman–Crippen LogP) is 4.53. The van der Waals surface area contributed by atoms with E-state index in [9.17, 15) is 4.79 Å². The maximum absolute atomic E-state index is 12.6. The molecule has 1 saturated carbocycles. The van der Waals surface area contributed by atoms with Crippen molar-refractivity contribution >= 4 is 17.4 Å². The van der Waals surface area contributed by atoms with Crippen LogP contribution in [0, 0.1) is 6.92 Å². The Morgan fingerprint density at radius 1 is 1.29 bits per heavy atom. The molecule has 2 aliphatic rings. The SMILES string of the molecule is COc1ccc(C2CN(C(=O)OCCc3scnc3C)CCO2)cc1OC1CCCC1. The van der Waals surface area contributed by atoms with Crippen LogP contribution >= 0.6 is 11.3 Å². The third kappa shape index (κ3) is 5.49. The topological polar surface area (TPSA) is 70.1 Å². The molecule has 8 heteroatoms. The molecule has 0 spiro atoms. The van der Waals surface area contributed by atoms with Crippen LogP contribution in [0.4, 0.5) is 4.79 Å². The van der Waals surface area contributed by atoms with E-state index in [1.165, 1.54) is 12.8 Å². The Kier molecular flexibility index (Phi) is 7.29. The van der Waals surface area contributed by atoms with Crippen LogP contribution in [0.3, 0.4) is 0 Å². The second-order valence-electron chi connectivity index (χ2n) is 7.97. The first-order valence-corrected chi connectivity index (χ1v) is 11.8. The second kappa shape index (κ2) is 10.3. The normalized spacial score (nSPS) is 19.4. The number of thiazole rings is 1. The lowest BCUT2D eigenvalue weighted by Gasteiger charge is -2.32. The summed E-state index contributed by atoms with van der Waals surface area (Å²) in [6.45, 7) is 3.77. The first-order valence-electron chi connectivity index (χ1n) is 10.9. The van der Waals surface area contributed by atoms with Gasteiger partial charge >= 0.3 is 6.09 Å². The molecule has 31 heavy (non-hydrogen) atoms. The fourth-order valence-corrected chi connectivity index (χ4v) is 4.84. The minimum absolute atomic E-state index is 0.220. The van der Waals surface area contributed by atoms with Gasteiger partial charge in [0.15, 0.2) is 11.5 Å². The van der Waals surface area contributed by atoms with Crippen LogP contribution in [0.1, 0.15) is 47.9 Å². The zero-order chi connectivity index (χ0) is 21.6. The van der Waals surface area contributed by atoms with Gasteiger partial charge in [0.1, 0.15) is 6.10 Å². The quantitative estimate of drug-likeness (QED) is 0.622. The zero-order valence-corrected chi connectivity index (χ0v) is 19.0. The van der Waals surface area contributed by atoms with Crippen molar-refractivity contribution in [2.24, 2.45) is 0 Å². The lowest BCUT2D eigenvalue weighted by Crippen LogP contribution is -2.42. The number of aromatic nitrogens is 1. The van der Waals surface area contributed by atoms with Crippen molar-refractivity contribution in [2.75, 3.05) is 33.4 Å². The van der Waals surface area contributed by atoms with Crippen LogP contribution in [0.25, 0.3) is 0 Å². The lowest BCUT2D eigenvalue weighted by atomic mass is 10.1. The first kappa shape index (κ1) is 21.9. The summed E-state index contributed by atoms with van der Waals surface area (Å²) < 4.78 is 23.2. The van der Waals surface area contributed by atoms with Gasteiger partial charge in [0.2, 0.25) is 0 Å². The zero-order valence-electron chi connectivity index (χ0n) is 18.2. The molecule has 4 rings (SSSR count). The number of carbonyl (C=O) groups is 1. The van der Waals surface area contributed by atoms with Crippen molar-refractivity contribution in [1.29, 1.82) is 0 Å². The molecule has 0 radical (unpaired) electrons. The summed E-state index contributed by atoms with van der Waals surface area (Å²) in [6, 6.07) is 5.88. The number of nitrogens with zero attached hydrogens (tertiary/aromatic N) is 2. The molecule has 2 aromatic rings. The minimum atomic E-state index is -0.300. The molecule has 1 aromatic heterocycles. The molecular formula is C23H30N2O5S. The van der Waals surface area contributed by atoms with E-state index >= 15 is 0 Å². The molecule has 1 atom stereocenters. The Morgan fingerprint density at radius 3 is 2.87 bits per heavy atom. The molecule has 1 aromatic carbocycles. The summed E-state index contributed by atoms with van der Waals surface area (Å²) in [4.78, 5) is 19.7. The van der Waals surface area contributed by atoms with Crippen molar-refractivity contribution in [3.05, 3.63) is 39.8 Å². The van der Waals surface area contributed by atoms with E-state index in [4.69, 9.17) is 18.9 Å². The van der Waals surface area contributed by atoms with Crippen LogP contribution in [0.2, 0.25) is 0 Å². The molecule has 1 saturated heterocycles. The van der Waals surface area contributed by atoms with Crippen LogP contribution in [-0.4, -0.2) is 55.5 Å². The molecule has 0 N–H and O–H groups in total. The third-order valence-electron chi connectivity index (χ3n) is 5.88. The van der Waals surface area contributed by atoms with Crippen LogP contribution in [0.5, 0.6) is 11.5 Å². The fourth-order valence-electron chi connectivity index (χ4n) is 4.08. The van der Waals surface area contributed by atoms with Gasteiger partial charge in [-0.15, -0.1) is 11.3 Å². The van der Waals surface area contributed by atoms with Gasteiger partial charge in [-0.3, -0.25) is 0 Å². The maximum Gasteiger partial charge on any atom is 0.409 e. The second-order valence-corrected chi connectivity index (χ2v) is 8.90. The summed E-state index contributed by atoms with van der Waals surface area (Å²) >= 11 is 1.59. The molecule has 1 amide bonds. The van der Waals surface area contributed by atoms with Crippen LogP contribution in [0.15, 0.2) is 23.7 Å². The lowest BCUT2D eigenvalue weighted by molar-refractivity contribution is -0.0285. The number of benzene rings is 1. The molecule has 168 valence electrons. The van der Waals surface area contributed by atoms with E-state index in [-0.39, 0.29) is 18.3 Å². The fraction of sp³-hybridized carbons (Fsp3) is 0.565. The molecule has 1 aliphatic carbocycles. The minimum Gasteiger partial charge on any atom is -0.493 e. The van der Waals surface area contributed by atoms with Gasteiger partial charge in [-0.2, -0.15) is 0 Å². The third-order valence-corrected chi connectivity index (χ3v) is 6.87. The van der Waals surface area contributed by atoms with Crippen molar-refractivity contribution in [3.63, 3.8) is 0 Å². The number of hydrogen-bond acceptors (Lipinski definition) is 7. The molecular weight excluding hydrogens is 416 g/mol. The van der Waals surface area contributed by atoms with Crippen LogP contribution in [-0.2, 0) is 15.9 Å². The number of amides is 1. The van der Waals surface area contributed by atoms with Gasteiger partial charge in [0, 0.05) is 17.8 Å². The van der Waals surface area contributed by atoms with E-state index in [2.05, 4.69) is 4.98 Å². The summed E-state index contributed by atoms with van der Waals surface area (Å²) in [6.07, 6.45) is 4.98. The highest BCUT2D eigenvalue weighted by atomic mass is 32.1. The Balaban J connectivity index is 1.36. The highest BCUT2D eigenvalue weighted by Gasteiger charge is 2.28. The number of hydrogen-bond donors (Lipinski definition) is 0.